The van der Waals surface area contributed by atoms with Crippen molar-refractivity contribution in [2.45, 2.75) is 232 Å². The molecule has 0 aromatic rings. The summed E-state index contributed by atoms with van der Waals surface area (Å²) in [7, 11) is 0. The summed E-state index contributed by atoms with van der Waals surface area (Å²) in [5, 5.41) is 23.6. The Labute approximate surface area is 351 Å². The van der Waals surface area contributed by atoms with Gasteiger partial charge in [-0.25, -0.2) is 0 Å². The lowest BCUT2D eigenvalue weighted by Crippen LogP contribution is -2.46. The molecule has 0 heterocycles. The molecule has 3 unspecified atom stereocenters. The van der Waals surface area contributed by atoms with Crippen molar-refractivity contribution in [3.8, 4) is 0 Å². The number of carbonyl (C=O) groups excluding carboxylic acids is 2. The van der Waals surface area contributed by atoms with Gasteiger partial charge in [0.1, 0.15) is 6.10 Å². The van der Waals surface area contributed by atoms with Crippen LogP contribution in [0, 0.1) is 0 Å². The highest BCUT2D eigenvalue weighted by Crippen LogP contribution is 2.17. The van der Waals surface area contributed by atoms with Crippen LogP contribution in [-0.4, -0.2) is 46.9 Å². The number of allylic oxidation sites excluding steroid dienone is 12. The van der Waals surface area contributed by atoms with Crippen LogP contribution < -0.4 is 5.32 Å². The summed E-state index contributed by atoms with van der Waals surface area (Å²) < 4.78 is 5.89. The highest BCUT2D eigenvalue weighted by Gasteiger charge is 2.24. The van der Waals surface area contributed by atoms with E-state index >= 15 is 0 Å². The van der Waals surface area contributed by atoms with Gasteiger partial charge in [0.15, 0.2) is 0 Å². The average molecular weight is 796 g/mol. The number of hydrogen-bond donors (Lipinski definition) is 3. The predicted molar refractivity (Wildman–Crippen MR) is 245 cm³/mol. The lowest BCUT2D eigenvalue weighted by atomic mass is 10.0. The molecule has 0 aliphatic carbocycles. The maximum Gasteiger partial charge on any atom is 0.306 e. The highest BCUT2D eigenvalue weighted by atomic mass is 16.5. The van der Waals surface area contributed by atoms with Crippen molar-refractivity contribution >= 4 is 11.9 Å². The SMILES string of the molecule is CC/C=C/C/C=C/C/C=C/CCCCCCC(=O)OC(CCCCCC/C=C/C/C=C/C/C=C/CC)CC(=O)NC(CO)C(O)CCCCCCCCCCCC. The zero-order valence-corrected chi connectivity index (χ0v) is 37.2. The molecule has 3 N–H and O–H groups in total. The van der Waals surface area contributed by atoms with Gasteiger partial charge in [-0.05, 0) is 89.9 Å². The number of amides is 1. The van der Waals surface area contributed by atoms with Gasteiger partial charge in [0.2, 0.25) is 5.91 Å². The van der Waals surface area contributed by atoms with Crippen molar-refractivity contribution in [3.63, 3.8) is 0 Å². The Kier molecular flexibility index (Phi) is 42.3. The number of aliphatic hydroxyl groups excluding tert-OH is 2. The molecule has 0 aliphatic rings. The lowest BCUT2D eigenvalue weighted by molar-refractivity contribution is -0.151. The summed E-state index contributed by atoms with van der Waals surface area (Å²) in [6.45, 7) is 6.22. The fourth-order valence-corrected chi connectivity index (χ4v) is 6.75. The molecule has 57 heavy (non-hydrogen) atoms. The van der Waals surface area contributed by atoms with Crippen LogP contribution >= 0.6 is 0 Å². The molecular formula is C51H89NO5. The van der Waals surface area contributed by atoms with E-state index in [0.717, 1.165) is 122 Å². The second-order valence-corrected chi connectivity index (χ2v) is 15.7. The van der Waals surface area contributed by atoms with E-state index in [1.54, 1.807) is 0 Å². The Hall–Kier alpha value is -2.70. The maximum absolute atomic E-state index is 13.1. The van der Waals surface area contributed by atoms with Crippen LogP contribution in [0.4, 0.5) is 0 Å². The van der Waals surface area contributed by atoms with Gasteiger partial charge in [-0.1, -0.05) is 184 Å². The first-order valence-electron chi connectivity index (χ1n) is 23.7. The van der Waals surface area contributed by atoms with Crippen molar-refractivity contribution in [3.05, 3.63) is 72.9 Å². The van der Waals surface area contributed by atoms with Crippen molar-refractivity contribution in [1.82, 2.24) is 5.32 Å². The molecule has 6 heteroatoms. The molecule has 0 fully saturated rings. The molecule has 0 bridgehead atoms. The normalized spacial score (nSPS) is 14.0. The highest BCUT2D eigenvalue weighted by molar-refractivity contribution is 5.77. The van der Waals surface area contributed by atoms with Crippen LogP contribution in [0.25, 0.3) is 0 Å². The average Bonchev–Trinajstić information content (AvgIpc) is 3.20. The van der Waals surface area contributed by atoms with Crippen LogP contribution in [0.3, 0.4) is 0 Å². The van der Waals surface area contributed by atoms with E-state index in [0.29, 0.717) is 19.3 Å². The molecule has 0 saturated carbocycles. The predicted octanol–water partition coefficient (Wildman–Crippen LogP) is 13.8. The second kappa shape index (κ2) is 44.4. The molecule has 0 saturated heterocycles. The van der Waals surface area contributed by atoms with E-state index in [9.17, 15) is 19.8 Å². The molecule has 0 spiro atoms. The van der Waals surface area contributed by atoms with Gasteiger partial charge in [-0.2, -0.15) is 0 Å². The Bertz CT molecular complexity index is 1070. The van der Waals surface area contributed by atoms with Gasteiger partial charge >= 0.3 is 5.97 Å². The summed E-state index contributed by atoms with van der Waals surface area (Å²) in [4.78, 5) is 26.0. The van der Waals surface area contributed by atoms with Gasteiger partial charge in [-0.15, -0.1) is 0 Å². The van der Waals surface area contributed by atoms with Gasteiger partial charge in [0.05, 0.1) is 25.2 Å². The number of unbranched alkanes of at least 4 members (excludes halogenated alkanes) is 17. The summed E-state index contributed by atoms with van der Waals surface area (Å²) in [5.41, 5.74) is 0. The molecule has 1 amide bonds. The molecule has 0 aromatic carbocycles. The van der Waals surface area contributed by atoms with Crippen LogP contribution in [0.15, 0.2) is 72.9 Å². The Morgan fingerprint density at radius 2 is 0.947 bits per heavy atom. The number of nitrogens with one attached hydrogen (secondary N) is 1. The van der Waals surface area contributed by atoms with Gasteiger partial charge in [-0.3, -0.25) is 9.59 Å². The minimum Gasteiger partial charge on any atom is -0.462 e. The number of carbonyl (C=O) groups is 2. The van der Waals surface area contributed by atoms with Crippen LogP contribution in [0.5, 0.6) is 0 Å². The minimum absolute atomic E-state index is 0.0503. The Balaban J connectivity index is 4.69. The zero-order chi connectivity index (χ0) is 41.7. The number of esters is 1. The molecule has 3 atom stereocenters. The molecule has 0 rings (SSSR count). The van der Waals surface area contributed by atoms with E-state index in [1.807, 2.05) is 0 Å². The van der Waals surface area contributed by atoms with E-state index in [4.69, 9.17) is 4.74 Å². The fraction of sp³-hybridized carbons (Fsp3) is 0.725. The first-order valence-corrected chi connectivity index (χ1v) is 23.7. The third-order valence-corrected chi connectivity index (χ3v) is 10.3. The molecule has 0 radical (unpaired) electrons. The molecule has 0 aromatic heterocycles. The second-order valence-electron chi connectivity index (χ2n) is 15.7. The quantitative estimate of drug-likeness (QED) is 0.0325. The standard InChI is InChI=1S/C51H89NO5/c1-4-7-10-13-16-19-22-24-26-28-30-33-36-39-42-47(57-51(56)44-41-38-35-32-29-27-25-23-20-17-14-11-8-5-2)45-50(55)52-48(46-53)49(54)43-40-37-34-31-21-18-15-12-9-6-3/h7-8,10-11,16-17,19-20,24-27,47-49,53-54H,4-6,9,12-15,18,21-23,28-46H2,1-3H3,(H,52,55)/b10-7+,11-8+,19-16+,20-17+,26-24+,27-25+. The van der Waals surface area contributed by atoms with Crippen molar-refractivity contribution in [1.29, 1.82) is 0 Å². The third-order valence-electron chi connectivity index (χ3n) is 10.3. The van der Waals surface area contributed by atoms with E-state index in [1.165, 1.54) is 44.9 Å². The van der Waals surface area contributed by atoms with Crippen molar-refractivity contribution < 1.29 is 24.5 Å². The van der Waals surface area contributed by atoms with E-state index in [-0.39, 0.29) is 24.9 Å². The Morgan fingerprint density at radius 3 is 1.44 bits per heavy atom. The van der Waals surface area contributed by atoms with Gasteiger partial charge in [0, 0.05) is 6.42 Å². The smallest absolute Gasteiger partial charge is 0.306 e. The zero-order valence-electron chi connectivity index (χ0n) is 37.2. The van der Waals surface area contributed by atoms with E-state index < -0.39 is 18.2 Å². The van der Waals surface area contributed by atoms with Crippen LogP contribution in [-0.2, 0) is 14.3 Å². The minimum atomic E-state index is -0.799. The van der Waals surface area contributed by atoms with E-state index in [2.05, 4.69) is 99.0 Å². The molecule has 328 valence electrons. The topological polar surface area (TPSA) is 95.9 Å². The lowest BCUT2D eigenvalue weighted by Gasteiger charge is -2.24. The molecule has 0 aliphatic heterocycles. The van der Waals surface area contributed by atoms with Gasteiger partial charge in [0.25, 0.3) is 0 Å². The molecule has 6 nitrogen and oxygen atoms in total. The number of ether oxygens (including phenoxy) is 1. The number of rotatable bonds is 41. The van der Waals surface area contributed by atoms with Gasteiger partial charge < -0.3 is 20.3 Å². The third kappa shape index (κ3) is 39.9. The summed E-state index contributed by atoms with van der Waals surface area (Å²) in [5.74, 6) is -0.528. The monoisotopic (exact) mass is 796 g/mol. The summed E-state index contributed by atoms with van der Waals surface area (Å²) in [6, 6.07) is -0.715. The Morgan fingerprint density at radius 1 is 0.526 bits per heavy atom. The van der Waals surface area contributed by atoms with Crippen molar-refractivity contribution in [2.24, 2.45) is 0 Å². The molecular weight excluding hydrogens is 707 g/mol. The van der Waals surface area contributed by atoms with Crippen LogP contribution in [0.1, 0.15) is 213 Å². The first-order chi connectivity index (χ1) is 28.0. The number of hydrogen-bond acceptors (Lipinski definition) is 5. The first kappa shape index (κ1) is 54.3. The van der Waals surface area contributed by atoms with Crippen molar-refractivity contribution in [2.75, 3.05) is 6.61 Å². The summed E-state index contributed by atoms with van der Waals surface area (Å²) >= 11 is 0. The summed E-state index contributed by atoms with van der Waals surface area (Å²) in [6.07, 6.45) is 55.3. The number of aliphatic hydroxyl groups is 2. The maximum atomic E-state index is 13.1. The fourth-order valence-electron chi connectivity index (χ4n) is 6.75. The van der Waals surface area contributed by atoms with Crippen LogP contribution in [0.2, 0.25) is 0 Å². The largest absolute Gasteiger partial charge is 0.462 e.